The number of carbonyl (C=O) groups is 2. The van der Waals surface area contributed by atoms with Gasteiger partial charge in [-0.2, -0.15) is 0 Å². The normalized spacial score (nSPS) is 24.4. The highest BCUT2D eigenvalue weighted by Crippen LogP contribution is 2.44. The van der Waals surface area contributed by atoms with E-state index < -0.39 is 41.8 Å². The van der Waals surface area contributed by atoms with E-state index in [1.54, 1.807) is 74.5 Å². The van der Waals surface area contributed by atoms with Crippen molar-refractivity contribution in [1.82, 2.24) is 0 Å². The second kappa shape index (κ2) is 9.21. The number of azide groups is 1. The maximum absolute atomic E-state index is 12.6. The van der Waals surface area contributed by atoms with Gasteiger partial charge in [0.1, 0.15) is 25.4 Å². The van der Waals surface area contributed by atoms with Crippen LogP contribution in [0.4, 0.5) is 0 Å². The van der Waals surface area contributed by atoms with Gasteiger partial charge in [0.15, 0.2) is 17.7 Å². The molecule has 4 rings (SSSR count). The Hall–Kier alpha value is -3.43. The van der Waals surface area contributed by atoms with Gasteiger partial charge in [-0.25, -0.2) is 9.59 Å². The van der Waals surface area contributed by atoms with Crippen molar-refractivity contribution in [3.63, 3.8) is 0 Å². The molecule has 0 aliphatic carbocycles. The van der Waals surface area contributed by atoms with Gasteiger partial charge in [0.2, 0.25) is 0 Å². The topological polar surface area (TPSA) is 129 Å². The van der Waals surface area contributed by atoms with E-state index in [4.69, 9.17) is 23.7 Å². The van der Waals surface area contributed by atoms with E-state index in [9.17, 15) is 15.1 Å². The second-order valence-corrected chi connectivity index (χ2v) is 8.19. The zero-order valence-electron chi connectivity index (χ0n) is 18.1. The molecule has 172 valence electrons. The van der Waals surface area contributed by atoms with Gasteiger partial charge in [0.05, 0.1) is 11.1 Å². The summed E-state index contributed by atoms with van der Waals surface area (Å²) in [7, 11) is 0. The lowest BCUT2D eigenvalue weighted by Crippen LogP contribution is -2.51. The second-order valence-electron chi connectivity index (χ2n) is 8.19. The van der Waals surface area contributed by atoms with Crippen molar-refractivity contribution in [2.24, 2.45) is 5.11 Å². The number of hydrogen-bond acceptors (Lipinski definition) is 8. The minimum absolute atomic E-state index is 0.334. The molecule has 3 atom stereocenters. The maximum atomic E-state index is 12.6. The van der Waals surface area contributed by atoms with Gasteiger partial charge >= 0.3 is 11.9 Å². The Morgan fingerprint density at radius 2 is 1.42 bits per heavy atom. The van der Waals surface area contributed by atoms with Crippen LogP contribution in [-0.4, -0.2) is 55.0 Å². The number of esters is 2. The molecule has 33 heavy (non-hydrogen) atoms. The minimum Gasteiger partial charge on any atom is -0.459 e. The first kappa shape index (κ1) is 22.8. The van der Waals surface area contributed by atoms with Crippen molar-refractivity contribution in [3.05, 3.63) is 82.2 Å². The lowest BCUT2D eigenvalue weighted by molar-refractivity contribution is -0.239. The zero-order valence-corrected chi connectivity index (χ0v) is 18.1. The van der Waals surface area contributed by atoms with E-state index in [1.165, 1.54) is 0 Å². The molecule has 2 aromatic rings. The van der Waals surface area contributed by atoms with E-state index in [-0.39, 0.29) is 13.2 Å². The smallest absolute Gasteiger partial charge is 0.338 e. The highest BCUT2D eigenvalue weighted by Gasteiger charge is 2.63. The fourth-order valence-electron chi connectivity index (χ4n) is 3.86. The average Bonchev–Trinajstić information content (AvgIpc) is 3.26. The van der Waals surface area contributed by atoms with Crippen molar-refractivity contribution in [3.8, 4) is 0 Å². The molecule has 0 spiro atoms. The predicted octanol–water partition coefficient (Wildman–Crippen LogP) is 3.63. The zero-order chi connectivity index (χ0) is 23.5. The summed E-state index contributed by atoms with van der Waals surface area (Å²) in [5.74, 6) is -2.18. The summed E-state index contributed by atoms with van der Waals surface area (Å²) >= 11 is 0. The lowest BCUT2D eigenvalue weighted by Gasteiger charge is -2.33. The molecule has 0 bridgehead atoms. The van der Waals surface area contributed by atoms with Gasteiger partial charge in [0, 0.05) is 4.91 Å². The molecule has 0 aromatic heterocycles. The summed E-state index contributed by atoms with van der Waals surface area (Å²) in [4.78, 5) is 28.1. The summed E-state index contributed by atoms with van der Waals surface area (Å²) in [6.45, 7) is 2.70. The molecule has 0 amide bonds. The molecular weight excluding hydrogens is 430 g/mol. The van der Waals surface area contributed by atoms with Crippen molar-refractivity contribution >= 4 is 11.9 Å². The summed E-state index contributed by atoms with van der Waals surface area (Å²) in [5, 5.41) is 3.85. The van der Waals surface area contributed by atoms with Crippen LogP contribution in [0.5, 0.6) is 0 Å². The standard InChI is InChI=1S/C23H23N3O7/c1-22(2)31-17-18(25-26-24)23(33-21(17)32-22,13-29-19(27)15-9-5-3-6-10-15)14-30-20(28)16-11-7-4-8-12-16/h3-12,17-18,21H,13-14H2,1-2H3/t17-,18?,21+/m1/s1. The summed E-state index contributed by atoms with van der Waals surface area (Å²) in [5.41, 5.74) is 8.37. The Morgan fingerprint density at radius 1 is 0.909 bits per heavy atom. The van der Waals surface area contributed by atoms with Crippen molar-refractivity contribution < 1.29 is 33.3 Å². The molecule has 10 heteroatoms. The third-order valence-corrected chi connectivity index (χ3v) is 5.38. The molecule has 2 fully saturated rings. The Balaban J connectivity index is 1.58. The van der Waals surface area contributed by atoms with Gasteiger partial charge < -0.3 is 23.7 Å². The Labute approximate surface area is 190 Å². The third-order valence-electron chi connectivity index (χ3n) is 5.38. The van der Waals surface area contributed by atoms with Crippen LogP contribution < -0.4 is 0 Å². The SMILES string of the molecule is CC1(C)O[C@H]2OC(COC(=O)c3ccccc3)(COC(=O)c3ccccc3)C(N=[N+]=[N-])[C@H]2O1. The van der Waals surface area contributed by atoms with Crippen LogP contribution in [-0.2, 0) is 23.7 Å². The third kappa shape index (κ3) is 4.84. The summed E-state index contributed by atoms with van der Waals surface area (Å²) in [6.07, 6.45) is -1.68. The van der Waals surface area contributed by atoms with Gasteiger partial charge in [-0.3, -0.25) is 0 Å². The molecule has 0 saturated carbocycles. The highest BCUT2D eigenvalue weighted by molar-refractivity contribution is 5.90. The van der Waals surface area contributed by atoms with Crippen LogP contribution in [0.1, 0.15) is 34.6 Å². The van der Waals surface area contributed by atoms with E-state index in [0.29, 0.717) is 11.1 Å². The van der Waals surface area contributed by atoms with Crippen molar-refractivity contribution in [2.45, 2.75) is 43.7 Å². The number of carbonyl (C=O) groups excluding carboxylic acids is 2. The van der Waals surface area contributed by atoms with Gasteiger partial charge in [-0.15, -0.1) is 0 Å². The largest absolute Gasteiger partial charge is 0.459 e. The van der Waals surface area contributed by atoms with E-state index in [2.05, 4.69) is 10.0 Å². The molecule has 2 aliphatic rings. The number of rotatable bonds is 7. The highest BCUT2D eigenvalue weighted by atomic mass is 16.8. The first-order chi connectivity index (χ1) is 15.8. The number of benzene rings is 2. The Morgan fingerprint density at radius 3 is 1.91 bits per heavy atom. The average molecular weight is 453 g/mol. The molecule has 0 N–H and O–H groups in total. The minimum atomic E-state index is -1.51. The van der Waals surface area contributed by atoms with Gasteiger partial charge in [0.25, 0.3) is 0 Å². The summed E-state index contributed by atoms with van der Waals surface area (Å²) in [6, 6.07) is 15.8. The van der Waals surface area contributed by atoms with E-state index in [1.807, 2.05) is 0 Å². The van der Waals surface area contributed by atoms with Crippen LogP contribution in [0.15, 0.2) is 65.8 Å². The first-order valence-corrected chi connectivity index (χ1v) is 10.4. The Bertz CT molecular complexity index is 999. The maximum Gasteiger partial charge on any atom is 0.338 e. The fourth-order valence-corrected chi connectivity index (χ4v) is 3.86. The Kier molecular flexibility index (Phi) is 6.35. The molecule has 2 aliphatic heterocycles. The number of hydrogen-bond donors (Lipinski definition) is 0. The molecule has 1 unspecified atom stereocenters. The molecular formula is C23H23N3O7. The van der Waals surface area contributed by atoms with E-state index >= 15 is 0 Å². The predicted molar refractivity (Wildman–Crippen MR) is 114 cm³/mol. The van der Waals surface area contributed by atoms with Crippen molar-refractivity contribution in [2.75, 3.05) is 13.2 Å². The monoisotopic (exact) mass is 453 g/mol. The van der Waals surface area contributed by atoms with Gasteiger partial charge in [-0.1, -0.05) is 41.5 Å². The quantitative estimate of drug-likeness (QED) is 0.271. The van der Waals surface area contributed by atoms with Crippen LogP contribution in [0.25, 0.3) is 10.4 Å². The molecule has 2 saturated heterocycles. The number of nitrogens with zero attached hydrogens (tertiary/aromatic N) is 3. The van der Waals surface area contributed by atoms with E-state index in [0.717, 1.165) is 0 Å². The van der Waals surface area contributed by atoms with Crippen LogP contribution in [0, 0.1) is 0 Å². The molecule has 2 aromatic carbocycles. The molecule has 2 heterocycles. The summed E-state index contributed by atoms with van der Waals surface area (Å²) < 4.78 is 28.7. The molecule has 0 radical (unpaired) electrons. The van der Waals surface area contributed by atoms with Crippen LogP contribution >= 0.6 is 0 Å². The van der Waals surface area contributed by atoms with Crippen molar-refractivity contribution in [1.29, 1.82) is 0 Å². The number of ether oxygens (including phenoxy) is 5. The first-order valence-electron chi connectivity index (χ1n) is 10.4. The van der Waals surface area contributed by atoms with Crippen LogP contribution in [0.2, 0.25) is 0 Å². The van der Waals surface area contributed by atoms with Gasteiger partial charge in [-0.05, 0) is 43.6 Å². The lowest BCUT2D eigenvalue weighted by atomic mass is 9.94. The molecule has 10 nitrogen and oxygen atoms in total. The van der Waals surface area contributed by atoms with Crippen LogP contribution in [0.3, 0.4) is 0 Å². The number of fused-ring (bicyclic) bond motifs is 1. The fraction of sp³-hybridized carbons (Fsp3) is 0.391.